The SMILES string of the molecule is COC(=O)C[C@H]1CCC(=O)[C@@H]1C/C=C\CCOC(=O)Cc1ccccc1. The molecule has 0 unspecified atom stereocenters. The van der Waals surface area contributed by atoms with E-state index in [1.54, 1.807) is 0 Å². The van der Waals surface area contributed by atoms with Gasteiger partial charge in [0.05, 0.1) is 20.1 Å². The van der Waals surface area contributed by atoms with Crippen molar-refractivity contribution >= 4 is 17.7 Å². The van der Waals surface area contributed by atoms with E-state index < -0.39 is 0 Å². The van der Waals surface area contributed by atoms with E-state index in [1.807, 2.05) is 42.5 Å². The van der Waals surface area contributed by atoms with Crippen LogP contribution < -0.4 is 0 Å². The van der Waals surface area contributed by atoms with E-state index in [4.69, 9.17) is 9.47 Å². The quantitative estimate of drug-likeness (QED) is 0.385. The number of carbonyl (C=O) groups excluding carboxylic acids is 3. The lowest BCUT2D eigenvalue weighted by atomic mass is 9.89. The van der Waals surface area contributed by atoms with Crippen LogP contribution in [0, 0.1) is 11.8 Å². The molecule has 2 rings (SSSR count). The van der Waals surface area contributed by atoms with Gasteiger partial charge in [-0.05, 0) is 30.7 Å². The molecule has 0 heterocycles. The number of ether oxygens (including phenoxy) is 2. The average molecular weight is 358 g/mol. The Morgan fingerprint density at radius 2 is 1.92 bits per heavy atom. The number of benzene rings is 1. The van der Waals surface area contributed by atoms with E-state index in [1.165, 1.54) is 7.11 Å². The van der Waals surface area contributed by atoms with Crippen molar-refractivity contribution in [2.75, 3.05) is 13.7 Å². The van der Waals surface area contributed by atoms with Crippen LogP contribution >= 0.6 is 0 Å². The van der Waals surface area contributed by atoms with Crippen LogP contribution in [0.3, 0.4) is 0 Å². The molecular formula is C21H26O5. The zero-order valence-corrected chi connectivity index (χ0v) is 15.2. The molecular weight excluding hydrogens is 332 g/mol. The van der Waals surface area contributed by atoms with Crippen molar-refractivity contribution in [3.63, 3.8) is 0 Å². The van der Waals surface area contributed by atoms with Crippen molar-refractivity contribution < 1.29 is 23.9 Å². The summed E-state index contributed by atoms with van der Waals surface area (Å²) < 4.78 is 9.91. The number of allylic oxidation sites excluding steroid dienone is 1. The van der Waals surface area contributed by atoms with Crippen molar-refractivity contribution in [2.24, 2.45) is 11.8 Å². The van der Waals surface area contributed by atoms with Gasteiger partial charge in [-0.15, -0.1) is 0 Å². The van der Waals surface area contributed by atoms with Gasteiger partial charge in [0.2, 0.25) is 0 Å². The Morgan fingerprint density at radius 1 is 1.15 bits per heavy atom. The van der Waals surface area contributed by atoms with Gasteiger partial charge in [0.15, 0.2) is 0 Å². The first-order valence-corrected chi connectivity index (χ1v) is 9.04. The number of hydrogen-bond donors (Lipinski definition) is 0. The molecule has 26 heavy (non-hydrogen) atoms. The Bertz CT molecular complexity index is 635. The predicted molar refractivity (Wildman–Crippen MR) is 97.3 cm³/mol. The number of methoxy groups -OCH3 is 1. The van der Waals surface area contributed by atoms with Crippen LogP contribution in [0.4, 0.5) is 0 Å². The van der Waals surface area contributed by atoms with Crippen LogP contribution in [-0.2, 0) is 30.3 Å². The fourth-order valence-corrected chi connectivity index (χ4v) is 3.26. The van der Waals surface area contributed by atoms with Crippen LogP contribution in [0.15, 0.2) is 42.5 Å². The molecule has 0 saturated heterocycles. The Labute approximate surface area is 154 Å². The van der Waals surface area contributed by atoms with Gasteiger partial charge in [0, 0.05) is 18.8 Å². The molecule has 5 nitrogen and oxygen atoms in total. The summed E-state index contributed by atoms with van der Waals surface area (Å²) in [6, 6.07) is 9.48. The fraction of sp³-hybridized carbons (Fsp3) is 0.476. The van der Waals surface area contributed by atoms with Crippen molar-refractivity contribution in [3.8, 4) is 0 Å². The minimum absolute atomic E-state index is 0.0725. The van der Waals surface area contributed by atoms with Crippen LogP contribution in [0.1, 0.15) is 37.7 Å². The smallest absolute Gasteiger partial charge is 0.310 e. The summed E-state index contributed by atoms with van der Waals surface area (Å²) in [5, 5.41) is 0. The second kappa shape index (κ2) is 10.5. The monoisotopic (exact) mass is 358 g/mol. The third kappa shape index (κ3) is 6.47. The topological polar surface area (TPSA) is 69.7 Å². The molecule has 0 aromatic heterocycles. The Kier molecular flexibility index (Phi) is 8.06. The molecule has 1 aromatic carbocycles. The summed E-state index contributed by atoms with van der Waals surface area (Å²) in [6.45, 7) is 0.326. The maximum absolute atomic E-state index is 12.0. The highest BCUT2D eigenvalue weighted by molar-refractivity contribution is 5.84. The first kappa shape index (κ1) is 19.9. The molecule has 0 aliphatic heterocycles. The molecule has 1 aliphatic carbocycles. The molecule has 1 aromatic rings. The third-order valence-electron chi connectivity index (χ3n) is 4.70. The highest BCUT2D eigenvalue weighted by Gasteiger charge is 2.34. The molecule has 0 N–H and O–H groups in total. The lowest BCUT2D eigenvalue weighted by Gasteiger charge is -2.15. The summed E-state index contributed by atoms with van der Waals surface area (Å²) in [5.41, 5.74) is 0.935. The number of ketones is 1. The molecule has 1 aliphatic rings. The second-order valence-electron chi connectivity index (χ2n) is 6.53. The average Bonchev–Trinajstić information content (AvgIpc) is 2.98. The van der Waals surface area contributed by atoms with Gasteiger partial charge >= 0.3 is 11.9 Å². The van der Waals surface area contributed by atoms with Crippen LogP contribution in [0.25, 0.3) is 0 Å². The summed E-state index contributed by atoms with van der Waals surface area (Å²) in [4.78, 5) is 35.1. The molecule has 2 atom stereocenters. The third-order valence-corrected chi connectivity index (χ3v) is 4.70. The number of esters is 2. The van der Waals surface area contributed by atoms with Gasteiger partial charge in [-0.25, -0.2) is 0 Å². The molecule has 140 valence electrons. The highest BCUT2D eigenvalue weighted by atomic mass is 16.5. The number of hydrogen-bond acceptors (Lipinski definition) is 5. The van der Waals surface area contributed by atoms with E-state index >= 15 is 0 Å². The summed E-state index contributed by atoms with van der Waals surface area (Å²) >= 11 is 0. The molecule has 1 saturated carbocycles. The van der Waals surface area contributed by atoms with Crippen LogP contribution in [0.5, 0.6) is 0 Å². The normalized spacial score (nSPS) is 19.7. The van der Waals surface area contributed by atoms with Crippen molar-refractivity contribution in [2.45, 2.75) is 38.5 Å². The zero-order valence-electron chi connectivity index (χ0n) is 15.2. The van der Waals surface area contributed by atoms with E-state index in [2.05, 4.69) is 0 Å². The first-order valence-electron chi connectivity index (χ1n) is 9.04. The van der Waals surface area contributed by atoms with E-state index in [-0.39, 0.29) is 36.0 Å². The van der Waals surface area contributed by atoms with Crippen LogP contribution in [-0.4, -0.2) is 31.4 Å². The minimum atomic E-state index is -0.260. The zero-order chi connectivity index (χ0) is 18.8. The Morgan fingerprint density at radius 3 is 2.65 bits per heavy atom. The molecule has 0 amide bonds. The molecule has 1 fully saturated rings. The molecule has 0 spiro atoms. The van der Waals surface area contributed by atoms with Gasteiger partial charge in [-0.3, -0.25) is 14.4 Å². The lowest BCUT2D eigenvalue weighted by Crippen LogP contribution is -2.18. The second-order valence-corrected chi connectivity index (χ2v) is 6.53. The largest absolute Gasteiger partial charge is 0.469 e. The number of Topliss-reactive ketones (excluding diaryl/α,β-unsaturated/α-hetero) is 1. The molecule has 0 bridgehead atoms. The maximum atomic E-state index is 12.0. The first-order chi connectivity index (χ1) is 12.6. The molecule has 0 radical (unpaired) electrons. The van der Waals surface area contributed by atoms with Crippen molar-refractivity contribution in [3.05, 3.63) is 48.0 Å². The van der Waals surface area contributed by atoms with E-state index in [0.717, 1.165) is 12.0 Å². The number of rotatable bonds is 9. The highest BCUT2D eigenvalue weighted by Crippen LogP contribution is 2.34. The fourth-order valence-electron chi connectivity index (χ4n) is 3.26. The van der Waals surface area contributed by atoms with Crippen molar-refractivity contribution in [1.82, 2.24) is 0 Å². The Balaban J connectivity index is 1.66. The van der Waals surface area contributed by atoms with Crippen LogP contribution in [0.2, 0.25) is 0 Å². The standard InChI is InChI=1S/C21H26O5/c1-25-20(23)15-17-11-12-19(22)18(17)10-6-3-7-13-26-21(24)14-16-8-4-2-5-9-16/h2-6,8-9,17-18H,7,10-15H2,1H3/b6-3-/t17-,18-/m1/s1. The van der Waals surface area contributed by atoms with Gasteiger partial charge in [0.25, 0.3) is 0 Å². The van der Waals surface area contributed by atoms with Gasteiger partial charge in [-0.1, -0.05) is 42.5 Å². The van der Waals surface area contributed by atoms with Gasteiger partial charge < -0.3 is 9.47 Å². The van der Waals surface area contributed by atoms with Crippen molar-refractivity contribution in [1.29, 1.82) is 0 Å². The summed E-state index contributed by atoms with van der Waals surface area (Å²) in [7, 11) is 1.37. The predicted octanol–water partition coefficient (Wildman–Crippen LogP) is 3.27. The Hall–Kier alpha value is -2.43. The van der Waals surface area contributed by atoms with E-state index in [0.29, 0.717) is 32.3 Å². The lowest BCUT2D eigenvalue weighted by molar-refractivity contribution is -0.143. The summed E-state index contributed by atoms with van der Waals surface area (Å²) in [5.74, 6) is -0.315. The summed E-state index contributed by atoms with van der Waals surface area (Å²) in [6.07, 6.45) is 6.98. The maximum Gasteiger partial charge on any atom is 0.310 e. The van der Waals surface area contributed by atoms with Gasteiger partial charge in [-0.2, -0.15) is 0 Å². The minimum Gasteiger partial charge on any atom is -0.469 e. The number of carbonyl (C=O) groups is 3. The molecule has 5 heteroatoms. The van der Waals surface area contributed by atoms with Gasteiger partial charge in [0.1, 0.15) is 5.78 Å². The van der Waals surface area contributed by atoms with E-state index in [9.17, 15) is 14.4 Å².